The van der Waals surface area contributed by atoms with E-state index in [0.29, 0.717) is 12.5 Å². The van der Waals surface area contributed by atoms with E-state index >= 15 is 0 Å². The number of halogens is 1. The van der Waals surface area contributed by atoms with Crippen LogP contribution >= 0.6 is 22.9 Å². The number of benzene rings is 2. The largest absolute Gasteiger partial charge is 0.361 e. The zero-order valence-electron chi connectivity index (χ0n) is 19.2. The lowest BCUT2D eigenvalue weighted by molar-refractivity contribution is 0.0656. The molecule has 0 N–H and O–H groups in total. The fourth-order valence-electron chi connectivity index (χ4n) is 4.47. The van der Waals surface area contributed by atoms with Gasteiger partial charge in [0.1, 0.15) is 23.5 Å². The molecule has 1 aliphatic rings. The highest BCUT2D eigenvalue weighted by molar-refractivity contribution is 7.14. The van der Waals surface area contributed by atoms with Crippen LogP contribution in [0.1, 0.15) is 58.7 Å². The summed E-state index contributed by atoms with van der Waals surface area (Å²) in [5.74, 6) is 2.39. The van der Waals surface area contributed by atoms with Crippen LogP contribution in [0.15, 0.2) is 54.6 Å². The van der Waals surface area contributed by atoms with E-state index in [-0.39, 0.29) is 6.10 Å². The minimum Gasteiger partial charge on any atom is -0.361 e. The molecule has 0 bridgehead atoms. The Hall–Kier alpha value is -2.47. The minimum atomic E-state index is -0.227. The van der Waals surface area contributed by atoms with Gasteiger partial charge in [-0.25, -0.2) is 0 Å². The third-order valence-electron chi connectivity index (χ3n) is 6.06. The quantitative estimate of drug-likeness (QED) is 0.303. The number of aryl methyl sites for hydroxylation is 3. The van der Waals surface area contributed by atoms with Gasteiger partial charge in [0.25, 0.3) is 0 Å². The third-order valence-corrected chi connectivity index (χ3v) is 7.60. The molecule has 1 atom stereocenters. The molecule has 4 nitrogen and oxygen atoms in total. The Labute approximate surface area is 204 Å². The van der Waals surface area contributed by atoms with Gasteiger partial charge in [0, 0.05) is 21.0 Å². The normalized spacial score (nSPS) is 15.4. The molecule has 0 spiro atoms. The van der Waals surface area contributed by atoms with E-state index in [1.807, 2.05) is 31.2 Å². The number of nitrogens with zero attached hydrogens (tertiary/aromatic N) is 3. The highest BCUT2D eigenvalue weighted by Gasteiger charge is 2.30. The summed E-state index contributed by atoms with van der Waals surface area (Å²) in [5, 5.41) is 10.5. The summed E-state index contributed by atoms with van der Waals surface area (Å²) in [5.41, 5.74) is 4.90. The third kappa shape index (κ3) is 4.63. The molecule has 33 heavy (non-hydrogen) atoms. The van der Waals surface area contributed by atoms with Gasteiger partial charge in [0.05, 0.1) is 0 Å². The lowest BCUT2D eigenvalue weighted by atomic mass is 10.00. The monoisotopic (exact) mass is 477 g/mol. The Kier molecular flexibility index (Phi) is 6.37. The van der Waals surface area contributed by atoms with Crippen LogP contribution in [0.4, 0.5) is 0 Å². The SMILES string of the molecule is Cc1nnc2n1-c1sc(CCc3ccc(CC(C)C)cc3)cc1C(c1ccccc1Cl)OC2. The van der Waals surface area contributed by atoms with Crippen LogP contribution in [0.25, 0.3) is 5.00 Å². The summed E-state index contributed by atoms with van der Waals surface area (Å²) in [6.07, 6.45) is 2.89. The average molecular weight is 478 g/mol. The Balaban J connectivity index is 1.45. The van der Waals surface area contributed by atoms with Crippen molar-refractivity contribution in [2.24, 2.45) is 5.92 Å². The molecule has 5 rings (SSSR count). The van der Waals surface area contributed by atoms with Gasteiger partial charge in [-0.2, -0.15) is 0 Å². The molecule has 0 saturated heterocycles. The van der Waals surface area contributed by atoms with Crippen molar-refractivity contribution in [3.8, 4) is 5.00 Å². The molecule has 2 aromatic carbocycles. The predicted octanol–water partition coefficient (Wildman–Crippen LogP) is 6.89. The maximum absolute atomic E-state index is 6.57. The molecule has 0 aliphatic carbocycles. The Morgan fingerprint density at radius 2 is 1.79 bits per heavy atom. The molecule has 6 heteroatoms. The molecular weight excluding hydrogens is 450 g/mol. The first kappa shape index (κ1) is 22.3. The van der Waals surface area contributed by atoms with Crippen LogP contribution < -0.4 is 0 Å². The van der Waals surface area contributed by atoms with E-state index in [4.69, 9.17) is 16.3 Å². The number of aromatic nitrogens is 3. The van der Waals surface area contributed by atoms with Crippen molar-refractivity contribution in [3.05, 3.63) is 98.4 Å². The molecule has 0 fully saturated rings. The molecule has 0 radical (unpaired) electrons. The lowest BCUT2D eigenvalue weighted by Gasteiger charge is -2.17. The van der Waals surface area contributed by atoms with Crippen molar-refractivity contribution >= 4 is 22.9 Å². The van der Waals surface area contributed by atoms with E-state index in [1.165, 1.54) is 16.0 Å². The zero-order chi connectivity index (χ0) is 22.9. The maximum atomic E-state index is 6.57. The minimum absolute atomic E-state index is 0.227. The predicted molar refractivity (Wildman–Crippen MR) is 134 cm³/mol. The summed E-state index contributed by atoms with van der Waals surface area (Å²) < 4.78 is 8.50. The van der Waals surface area contributed by atoms with Gasteiger partial charge in [-0.15, -0.1) is 21.5 Å². The molecule has 0 amide bonds. The number of thiophene rings is 1. The molecular formula is C27H28ClN3OS. The molecule has 4 aromatic rings. The fraction of sp³-hybridized carbons (Fsp3) is 0.333. The summed E-state index contributed by atoms with van der Waals surface area (Å²) in [7, 11) is 0. The number of rotatable bonds is 6. The topological polar surface area (TPSA) is 39.9 Å². The first-order valence-corrected chi connectivity index (χ1v) is 12.7. The van der Waals surface area contributed by atoms with Crippen molar-refractivity contribution in [3.63, 3.8) is 0 Å². The van der Waals surface area contributed by atoms with Gasteiger partial charge in [-0.05, 0) is 55.4 Å². The van der Waals surface area contributed by atoms with Crippen LogP contribution in [-0.4, -0.2) is 14.8 Å². The maximum Gasteiger partial charge on any atom is 0.164 e. The second-order valence-electron chi connectivity index (χ2n) is 9.10. The molecule has 0 saturated carbocycles. The van der Waals surface area contributed by atoms with E-state index < -0.39 is 0 Å². The second kappa shape index (κ2) is 9.41. The average Bonchev–Trinajstić information content (AvgIpc) is 3.33. The molecule has 2 aromatic heterocycles. The Morgan fingerprint density at radius 1 is 1.03 bits per heavy atom. The van der Waals surface area contributed by atoms with Gasteiger partial charge >= 0.3 is 0 Å². The molecule has 3 heterocycles. The van der Waals surface area contributed by atoms with Crippen LogP contribution in [0.3, 0.4) is 0 Å². The van der Waals surface area contributed by atoms with Crippen LogP contribution in [0, 0.1) is 12.8 Å². The van der Waals surface area contributed by atoms with Gasteiger partial charge in [0.15, 0.2) is 5.82 Å². The number of fused-ring (bicyclic) bond motifs is 3. The summed E-state index contributed by atoms with van der Waals surface area (Å²) >= 11 is 8.38. The first-order valence-electron chi connectivity index (χ1n) is 11.5. The zero-order valence-corrected chi connectivity index (χ0v) is 20.8. The summed E-state index contributed by atoms with van der Waals surface area (Å²) in [6, 6.07) is 19.3. The van der Waals surface area contributed by atoms with Crippen molar-refractivity contribution < 1.29 is 4.74 Å². The van der Waals surface area contributed by atoms with Gasteiger partial charge in [-0.1, -0.05) is 67.9 Å². The van der Waals surface area contributed by atoms with Crippen LogP contribution in [0.2, 0.25) is 5.02 Å². The van der Waals surface area contributed by atoms with E-state index in [0.717, 1.165) is 52.1 Å². The van der Waals surface area contributed by atoms with Crippen molar-refractivity contribution in [1.82, 2.24) is 14.8 Å². The molecule has 1 unspecified atom stereocenters. The van der Waals surface area contributed by atoms with Crippen molar-refractivity contribution in [2.75, 3.05) is 0 Å². The van der Waals surface area contributed by atoms with Crippen LogP contribution in [0.5, 0.6) is 0 Å². The van der Waals surface area contributed by atoms with Gasteiger partial charge in [0.2, 0.25) is 0 Å². The summed E-state index contributed by atoms with van der Waals surface area (Å²) in [6.45, 7) is 6.92. The Bertz CT molecular complexity index is 1260. The van der Waals surface area contributed by atoms with Gasteiger partial charge < -0.3 is 4.74 Å². The first-order chi connectivity index (χ1) is 16.0. The fourth-order valence-corrected chi connectivity index (χ4v) is 5.96. The summed E-state index contributed by atoms with van der Waals surface area (Å²) in [4.78, 5) is 1.33. The number of hydrogen-bond donors (Lipinski definition) is 0. The number of ether oxygens (including phenoxy) is 1. The van der Waals surface area contributed by atoms with E-state index in [2.05, 4.69) is 58.9 Å². The molecule has 1 aliphatic heterocycles. The highest BCUT2D eigenvalue weighted by Crippen LogP contribution is 2.42. The lowest BCUT2D eigenvalue weighted by Crippen LogP contribution is -2.05. The number of hydrogen-bond acceptors (Lipinski definition) is 4. The second-order valence-corrected chi connectivity index (χ2v) is 10.6. The van der Waals surface area contributed by atoms with Crippen LogP contribution in [-0.2, 0) is 30.6 Å². The van der Waals surface area contributed by atoms with Crippen molar-refractivity contribution in [2.45, 2.75) is 52.7 Å². The van der Waals surface area contributed by atoms with Crippen molar-refractivity contribution in [1.29, 1.82) is 0 Å². The molecule has 170 valence electrons. The standard InChI is InChI=1S/C27H28ClN3OS/c1-17(2)14-20-10-8-19(9-11-20)12-13-21-15-23-26(22-6-4-5-7-24(22)28)32-16-25-30-29-18(3)31(25)27(23)33-21/h4-11,15,17,26H,12-14,16H2,1-3H3. The van der Waals surface area contributed by atoms with E-state index in [9.17, 15) is 0 Å². The highest BCUT2D eigenvalue weighted by atomic mass is 35.5. The smallest absolute Gasteiger partial charge is 0.164 e. The van der Waals surface area contributed by atoms with E-state index in [1.54, 1.807) is 11.3 Å². The Morgan fingerprint density at radius 3 is 2.55 bits per heavy atom. The van der Waals surface area contributed by atoms with Gasteiger partial charge in [-0.3, -0.25) is 4.57 Å².